The number of hydrogen-bond acceptors (Lipinski definition) is 4. The highest BCUT2D eigenvalue weighted by Gasteiger charge is 2.17. The van der Waals surface area contributed by atoms with Crippen LogP contribution in [0, 0.1) is 0 Å². The van der Waals surface area contributed by atoms with Gasteiger partial charge in [-0.15, -0.1) is 0 Å². The first-order valence-electron chi connectivity index (χ1n) is 6.50. The van der Waals surface area contributed by atoms with Crippen LogP contribution >= 0.6 is 0 Å². The summed E-state index contributed by atoms with van der Waals surface area (Å²) in [6.07, 6.45) is 0. The van der Waals surface area contributed by atoms with Crippen molar-refractivity contribution < 1.29 is 9.47 Å². The molecule has 1 saturated heterocycles. The lowest BCUT2D eigenvalue weighted by molar-refractivity contribution is 0.146. The molecule has 2 rings (SSSR count). The van der Waals surface area contributed by atoms with Gasteiger partial charge in [0.25, 0.3) is 0 Å². The predicted molar refractivity (Wildman–Crippen MR) is 73.5 cm³/mol. The Bertz CT molecular complexity index is 353. The number of nitrogens with one attached hydrogen (secondary N) is 1. The highest BCUT2D eigenvalue weighted by atomic mass is 16.5. The summed E-state index contributed by atoms with van der Waals surface area (Å²) in [7, 11) is 1.68. The maximum Gasteiger partial charge on any atom is 0.119 e. The molecule has 1 atom stereocenters. The molecule has 1 fully saturated rings. The molecule has 0 bridgehead atoms. The maximum atomic E-state index is 5.56. The second-order valence-electron chi connectivity index (χ2n) is 4.58. The van der Waals surface area contributed by atoms with E-state index in [4.69, 9.17) is 9.47 Å². The summed E-state index contributed by atoms with van der Waals surface area (Å²) in [5, 5.41) is 3.40. The topological polar surface area (TPSA) is 33.7 Å². The van der Waals surface area contributed by atoms with Crippen LogP contribution in [0.15, 0.2) is 24.3 Å². The van der Waals surface area contributed by atoms with Crippen molar-refractivity contribution in [2.45, 2.75) is 13.0 Å². The number of methoxy groups -OCH3 is 1. The maximum absolute atomic E-state index is 5.56. The molecule has 1 aliphatic heterocycles. The zero-order valence-electron chi connectivity index (χ0n) is 11.2. The lowest BCUT2D eigenvalue weighted by atomic mass is 10.2. The first-order valence-corrected chi connectivity index (χ1v) is 6.50. The monoisotopic (exact) mass is 250 g/mol. The van der Waals surface area contributed by atoms with Crippen LogP contribution < -0.4 is 15.0 Å². The molecule has 100 valence electrons. The molecule has 0 amide bonds. The summed E-state index contributed by atoms with van der Waals surface area (Å²) in [6.45, 7) is 6.62. The zero-order chi connectivity index (χ0) is 12.8. The first-order chi connectivity index (χ1) is 8.81. The Morgan fingerprint density at radius 3 is 2.72 bits per heavy atom. The second kappa shape index (κ2) is 6.61. The molecule has 18 heavy (non-hydrogen) atoms. The van der Waals surface area contributed by atoms with Crippen molar-refractivity contribution in [2.24, 2.45) is 0 Å². The van der Waals surface area contributed by atoms with Gasteiger partial charge in [0.05, 0.1) is 6.61 Å². The van der Waals surface area contributed by atoms with E-state index in [1.54, 1.807) is 7.11 Å². The third-order valence-corrected chi connectivity index (χ3v) is 3.23. The van der Waals surface area contributed by atoms with Gasteiger partial charge < -0.3 is 19.7 Å². The van der Waals surface area contributed by atoms with Crippen LogP contribution in [0.5, 0.6) is 5.75 Å². The van der Waals surface area contributed by atoms with Gasteiger partial charge in [-0.05, 0) is 31.2 Å². The van der Waals surface area contributed by atoms with E-state index < -0.39 is 0 Å². The fraction of sp³-hybridized carbons (Fsp3) is 0.571. The Labute approximate surface area is 109 Å². The summed E-state index contributed by atoms with van der Waals surface area (Å²) >= 11 is 0. The standard InChI is InChI=1S/C14H22N2O2/c1-12-11-15-7-8-16(12)13-3-5-14(6-4-13)18-10-9-17-2/h3-6,12,15H,7-11H2,1-2H3/t12-/m0/s1. The van der Waals surface area contributed by atoms with E-state index >= 15 is 0 Å². The molecule has 1 heterocycles. The fourth-order valence-electron chi connectivity index (χ4n) is 2.20. The molecule has 0 unspecified atom stereocenters. The molecule has 0 saturated carbocycles. The first kappa shape index (κ1) is 13.2. The van der Waals surface area contributed by atoms with Crippen LogP contribution in [-0.2, 0) is 4.74 Å². The third kappa shape index (κ3) is 3.37. The molecule has 0 aliphatic carbocycles. The van der Waals surface area contributed by atoms with Crippen molar-refractivity contribution in [1.29, 1.82) is 0 Å². The van der Waals surface area contributed by atoms with Gasteiger partial charge in [-0.1, -0.05) is 0 Å². The molecule has 0 aromatic heterocycles. The van der Waals surface area contributed by atoms with Crippen molar-refractivity contribution in [1.82, 2.24) is 5.32 Å². The Hall–Kier alpha value is -1.26. The smallest absolute Gasteiger partial charge is 0.119 e. The van der Waals surface area contributed by atoms with E-state index in [0.29, 0.717) is 19.3 Å². The SMILES string of the molecule is COCCOc1ccc(N2CCNC[C@@H]2C)cc1. The molecular formula is C14H22N2O2. The van der Waals surface area contributed by atoms with E-state index in [9.17, 15) is 0 Å². The molecular weight excluding hydrogens is 228 g/mol. The number of anilines is 1. The zero-order valence-corrected chi connectivity index (χ0v) is 11.2. The average molecular weight is 250 g/mol. The van der Waals surface area contributed by atoms with Crippen molar-refractivity contribution in [3.05, 3.63) is 24.3 Å². The van der Waals surface area contributed by atoms with Gasteiger partial charge in [0.15, 0.2) is 0 Å². The molecule has 1 aromatic rings. The van der Waals surface area contributed by atoms with E-state index in [0.717, 1.165) is 25.4 Å². The van der Waals surface area contributed by atoms with Crippen molar-refractivity contribution in [3.63, 3.8) is 0 Å². The summed E-state index contributed by atoms with van der Waals surface area (Å²) in [6, 6.07) is 8.85. The number of ether oxygens (including phenoxy) is 2. The summed E-state index contributed by atoms with van der Waals surface area (Å²) < 4.78 is 10.5. The van der Waals surface area contributed by atoms with E-state index in [-0.39, 0.29) is 0 Å². The van der Waals surface area contributed by atoms with Crippen molar-refractivity contribution in [2.75, 3.05) is 44.9 Å². The number of benzene rings is 1. The van der Waals surface area contributed by atoms with Crippen molar-refractivity contribution in [3.8, 4) is 5.75 Å². The molecule has 1 N–H and O–H groups in total. The van der Waals surface area contributed by atoms with Crippen LogP contribution in [0.3, 0.4) is 0 Å². The van der Waals surface area contributed by atoms with Gasteiger partial charge in [0.1, 0.15) is 12.4 Å². The molecule has 0 spiro atoms. The van der Waals surface area contributed by atoms with Gasteiger partial charge in [-0.2, -0.15) is 0 Å². The molecule has 4 heteroatoms. The van der Waals surface area contributed by atoms with E-state index in [2.05, 4.69) is 29.3 Å². The fourth-order valence-corrected chi connectivity index (χ4v) is 2.20. The van der Waals surface area contributed by atoms with Crippen LogP contribution in [0.1, 0.15) is 6.92 Å². The molecule has 1 aliphatic rings. The van der Waals surface area contributed by atoms with E-state index in [1.165, 1.54) is 5.69 Å². The van der Waals surface area contributed by atoms with Crippen LogP contribution in [0.2, 0.25) is 0 Å². The summed E-state index contributed by atoms with van der Waals surface area (Å²) in [5.41, 5.74) is 1.27. The highest BCUT2D eigenvalue weighted by Crippen LogP contribution is 2.21. The molecule has 1 aromatic carbocycles. The lowest BCUT2D eigenvalue weighted by Gasteiger charge is -2.35. The minimum Gasteiger partial charge on any atom is -0.491 e. The van der Waals surface area contributed by atoms with Crippen LogP contribution in [0.4, 0.5) is 5.69 Å². The number of nitrogens with zero attached hydrogens (tertiary/aromatic N) is 1. The minimum atomic E-state index is 0.541. The van der Waals surface area contributed by atoms with Gasteiger partial charge in [-0.3, -0.25) is 0 Å². The number of piperazine rings is 1. The Kier molecular flexibility index (Phi) is 4.84. The molecule has 0 radical (unpaired) electrons. The van der Waals surface area contributed by atoms with Crippen molar-refractivity contribution >= 4 is 5.69 Å². The molecule has 4 nitrogen and oxygen atoms in total. The Morgan fingerprint density at radius 2 is 2.06 bits per heavy atom. The van der Waals surface area contributed by atoms with Gasteiger partial charge in [0.2, 0.25) is 0 Å². The average Bonchev–Trinajstić information content (AvgIpc) is 2.41. The number of hydrogen-bond donors (Lipinski definition) is 1. The highest BCUT2D eigenvalue weighted by molar-refractivity contribution is 5.50. The third-order valence-electron chi connectivity index (χ3n) is 3.23. The van der Waals surface area contributed by atoms with E-state index in [1.807, 2.05) is 12.1 Å². The Balaban J connectivity index is 1.94. The van der Waals surface area contributed by atoms with Gasteiger partial charge in [0, 0.05) is 38.5 Å². The van der Waals surface area contributed by atoms with Gasteiger partial charge >= 0.3 is 0 Å². The number of rotatable bonds is 5. The largest absolute Gasteiger partial charge is 0.491 e. The van der Waals surface area contributed by atoms with Crippen LogP contribution in [-0.4, -0.2) is 46.0 Å². The normalized spacial score (nSPS) is 19.9. The quantitative estimate of drug-likeness (QED) is 0.803. The predicted octanol–water partition coefficient (Wildman–Crippen LogP) is 1.51. The Morgan fingerprint density at radius 1 is 1.28 bits per heavy atom. The lowest BCUT2D eigenvalue weighted by Crippen LogP contribution is -2.49. The minimum absolute atomic E-state index is 0.541. The van der Waals surface area contributed by atoms with Crippen LogP contribution in [0.25, 0.3) is 0 Å². The summed E-state index contributed by atoms with van der Waals surface area (Å²) in [5.74, 6) is 0.901. The van der Waals surface area contributed by atoms with Gasteiger partial charge in [-0.25, -0.2) is 0 Å². The second-order valence-corrected chi connectivity index (χ2v) is 4.58. The summed E-state index contributed by atoms with van der Waals surface area (Å²) in [4.78, 5) is 2.43.